The number of amidine groups is 1. The van der Waals surface area contributed by atoms with Crippen LogP contribution in [-0.4, -0.2) is 24.7 Å². The summed E-state index contributed by atoms with van der Waals surface area (Å²) in [5.74, 6) is 1.16. The Bertz CT molecular complexity index is 1150. The Labute approximate surface area is 161 Å². The second-order valence-electron chi connectivity index (χ2n) is 6.50. The van der Waals surface area contributed by atoms with Crippen LogP contribution in [0.15, 0.2) is 50.6 Å². The van der Waals surface area contributed by atoms with E-state index in [1.807, 2.05) is 6.92 Å². The maximum atomic E-state index is 12.6. The lowest BCUT2D eigenvalue weighted by Gasteiger charge is -2.15. The van der Waals surface area contributed by atoms with Gasteiger partial charge in [-0.05, 0) is 36.2 Å². The van der Waals surface area contributed by atoms with Crippen molar-refractivity contribution in [2.75, 3.05) is 13.7 Å². The number of hydrogen-bond donors (Lipinski definition) is 2. The Kier molecular flexibility index (Phi) is 4.43. The fraction of sp³-hybridized carbons (Fsp3) is 0.238. The first-order valence-electron chi connectivity index (χ1n) is 8.98. The quantitative estimate of drug-likeness (QED) is 0.659. The van der Waals surface area contributed by atoms with E-state index in [1.54, 1.807) is 36.4 Å². The summed E-state index contributed by atoms with van der Waals surface area (Å²) in [6.07, 6.45) is 0.846. The lowest BCUT2D eigenvalue weighted by Crippen LogP contribution is -2.12. The number of aliphatic imine (C=N–C) groups is 1. The molecule has 0 saturated carbocycles. The van der Waals surface area contributed by atoms with Gasteiger partial charge in [0.1, 0.15) is 28.8 Å². The lowest BCUT2D eigenvalue weighted by atomic mass is 9.96. The molecule has 0 saturated heterocycles. The van der Waals surface area contributed by atoms with Crippen molar-refractivity contribution < 1.29 is 19.0 Å². The fourth-order valence-corrected chi connectivity index (χ4v) is 3.40. The monoisotopic (exact) mass is 380 g/mol. The number of rotatable bonds is 5. The highest BCUT2D eigenvalue weighted by atomic mass is 16.5. The van der Waals surface area contributed by atoms with Crippen LogP contribution < -0.4 is 20.8 Å². The van der Waals surface area contributed by atoms with Crippen molar-refractivity contribution in [2.24, 2.45) is 10.7 Å². The standard InChI is InChI=1S/C21H20N2O5/c1-3-8-27-16-10-13-12(9-15(16)26-2)18(23-20(13)22)17-19(24)11-6-4-5-7-14(11)28-21(17)25/h4-7,9-10,18,24H,3,8H2,1-2H3,(H2,22,23). The van der Waals surface area contributed by atoms with Crippen LogP contribution in [0.3, 0.4) is 0 Å². The van der Waals surface area contributed by atoms with E-state index in [4.69, 9.17) is 19.6 Å². The molecule has 3 aromatic rings. The molecule has 0 spiro atoms. The Balaban J connectivity index is 1.89. The minimum atomic E-state index is -0.787. The average Bonchev–Trinajstić information content (AvgIpc) is 3.01. The Hall–Kier alpha value is -3.48. The van der Waals surface area contributed by atoms with Crippen molar-refractivity contribution in [2.45, 2.75) is 19.4 Å². The van der Waals surface area contributed by atoms with E-state index in [0.717, 1.165) is 6.42 Å². The van der Waals surface area contributed by atoms with Gasteiger partial charge in [-0.1, -0.05) is 19.1 Å². The van der Waals surface area contributed by atoms with Gasteiger partial charge in [0.15, 0.2) is 11.5 Å². The first-order valence-corrected chi connectivity index (χ1v) is 8.98. The Morgan fingerprint density at radius 1 is 1.25 bits per heavy atom. The minimum absolute atomic E-state index is 0.0460. The van der Waals surface area contributed by atoms with Crippen LogP contribution in [0.5, 0.6) is 17.2 Å². The smallest absolute Gasteiger partial charge is 0.345 e. The van der Waals surface area contributed by atoms with E-state index in [0.29, 0.717) is 40.2 Å². The fourth-order valence-electron chi connectivity index (χ4n) is 3.40. The summed E-state index contributed by atoms with van der Waals surface area (Å²) in [6.45, 7) is 2.54. The molecule has 0 radical (unpaired) electrons. The summed E-state index contributed by atoms with van der Waals surface area (Å²) in [4.78, 5) is 17.0. The largest absolute Gasteiger partial charge is 0.507 e. The van der Waals surface area contributed by atoms with Gasteiger partial charge in [0.2, 0.25) is 0 Å². The molecule has 1 unspecified atom stereocenters. The SMILES string of the molecule is CCCOc1cc2c(cc1OC)C(c1c(O)c3ccccc3oc1=O)N=C2N. The van der Waals surface area contributed by atoms with Crippen LogP contribution >= 0.6 is 0 Å². The molecule has 7 heteroatoms. The van der Waals surface area contributed by atoms with E-state index in [2.05, 4.69) is 4.99 Å². The molecule has 1 aliphatic rings. The number of hydrogen-bond acceptors (Lipinski definition) is 7. The second kappa shape index (κ2) is 6.92. The number of nitrogens with two attached hydrogens (primary N) is 1. The number of aromatic hydroxyl groups is 1. The van der Waals surface area contributed by atoms with Gasteiger partial charge in [0, 0.05) is 5.56 Å². The van der Waals surface area contributed by atoms with Crippen molar-refractivity contribution in [3.8, 4) is 17.2 Å². The average molecular weight is 380 g/mol. The molecule has 0 fully saturated rings. The molecule has 3 N–H and O–H groups in total. The van der Waals surface area contributed by atoms with E-state index < -0.39 is 11.7 Å². The molecule has 2 aromatic carbocycles. The molecular weight excluding hydrogens is 360 g/mol. The van der Waals surface area contributed by atoms with Crippen molar-refractivity contribution in [3.05, 3.63) is 63.5 Å². The van der Waals surface area contributed by atoms with E-state index in [1.165, 1.54) is 7.11 Å². The van der Waals surface area contributed by atoms with Gasteiger partial charge in [-0.3, -0.25) is 4.99 Å². The molecule has 144 valence electrons. The normalized spacial score (nSPS) is 15.4. The third-order valence-electron chi connectivity index (χ3n) is 4.73. The van der Waals surface area contributed by atoms with Crippen LogP contribution in [0.1, 0.15) is 36.1 Å². The van der Waals surface area contributed by atoms with Crippen LogP contribution in [0.25, 0.3) is 11.0 Å². The topological polar surface area (TPSA) is 107 Å². The van der Waals surface area contributed by atoms with Crippen LogP contribution in [-0.2, 0) is 0 Å². The van der Waals surface area contributed by atoms with E-state index >= 15 is 0 Å². The van der Waals surface area contributed by atoms with Crippen molar-refractivity contribution >= 4 is 16.8 Å². The van der Waals surface area contributed by atoms with E-state index in [-0.39, 0.29) is 17.1 Å². The molecule has 0 aliphatic carbocycles. The highest BCUT2D eigenvalue weighted by Crippen LogP contribution is 2.43. The number of fused-ring (bicyclic) bond motifs is 2. The van der Waals surface area contributed by atoms with Gasteiger partial charge >= 0.3 is 5.63 Å². The summed E-state index contributed by atoms with van der Waals surface area (Å²) >= 11 is 0. The van der Waals surface area contributed by atoms with Crippen molar-refractivity contribution in [1.29, 1.82) is 0 Å². The Morgan fingerprint density at radius 3 is 2.79 bits per heavy atom. The van der Waals surface area contributed by atoms with Crippen LogP contribution in [0.4, 0.5) is 0 Å². The number of methoxy groups -OCH3 is 1. The highest BCUT2D eigenvalue weighted by Gasteiger charge is 2.32. The summed E-state index contributed by atoms with van der Waals surface area (Å²) in [6, 6.07) is 9.50. The van der Waals surface area contributed by atoms with Crippen molar-refractivity contribution in [1.82, 2.24) is 0 Å². The summed E-state index contributed by atoms with van der Waals surface area (Å²) in [5.41, 5.74) is 7.11. The summed E-state index contributed by atoms with van der Waals surface area (Å²) in [7, 11) is 1.54. The molecule has 7 nitrogen and oxygen atoms in total. The number of benzene rings is 2. The molecule has 2 heterocycles. The number of para-hydroxylation sites is 1. The zero-order valence-electron chi connectivity index (χ0n) is 15.6. The molecule has 1 atom stereocenters. The molecule has 0 amide bonds. The predicted octanol–water partition coefficient (Wildman–Crippen LogP) is 3.10. The van der Waals surface area contributed by atoms with Gasteiger partial charge in [0.25, 0.3) is 0 Å². The second-order valence-corrected chi connectivity index (χ2v) is 6.50. The molecule has 1 aliphatic heterocycles. The molecule has 28 heavy (non-hydrogen) atoms. The molecule has 0 bridgehead atoms. The first kappa shape index (κ1) is 17.9. The van der Waals surface area contributed by atoms with Gasteiger partial charge in [-0.15, -0.1) is 0 Å². The maximum absolute atomic E-state index is 12.6. The molecule has 4 rings (SSSR count). The zero-order valence-corrected chi connectivity index (χ0v) is 15.6. The van der Waals surface area contributed by atoms with Gasteiger partial charge in [-0.2, -0.15) is 0 Å². The predicted molar refractivity (Wildman–Crippen MR) is 105 cm³/mol. The lowest BCUT2D eigenvalue weighted by molar-refractivity contribution is 0.294. The zero-order chi connectivity index (χ0) is 19.8. The van der Waals surface area contributed by atoms with Crippen molar-refractivity contribution in [3.63, 3.8) is 0 Å². The first-order chi connectivity index (χ1) is 13.5. The minimum Gasteiger partial charge on any atom is -0.507 e. The summed E-state index contributed by atoms with van der Waals surface area (Å²) in [5, 5.41) is 11.2. The highest BCUT2D eigenvalue weighted by molar-refractivity contribution is 6.02. The third kappa shape index (κ3) is 2.76. The number of ether oxygens (including phenoxy) is 2. The van der Waals surface area contributed by atoms with Crippen LogP contribution in [0.2, 0.25) is 0 Å². The Morgan fingerprint density at radius 2 is 2.04 bits per heavy atom. The molecular formula is C21H20N2O5. The summed E-state index contributed by atoms with van der Waals surface area (Å²) < 4.78 is 16.6. The van der Waals surface area contributed by atoms with Crippen LogP contribution in [0, 0.1) is 0 Å². The maximum Gasteiger partial charge on any atom is 0.345 e. The third-order valence-corrected chi connectivity index (χ3v) is 4.73. The van der Waals surface area contributed by atoms with Gasteiger partial charge < -0.3 is 24.7 Å². The molecule has 1 aromatic heterocycles. The van der Waals surface area contributed by atoms with Gasteiger partial charge in [0.05, 0.1) is 19.1 Å². The number of nitrogens with zero attached hydrogens (tertiary/aromatic N) is 1. The van der Waals surface area contributed by atoms with E-state index in [9.17, 15) is 9.90 Å². The van der Waals surface area contributed by atoms with Gasteiger partial charge in [-0.25, -0.2) is 4.79 Å².